The molecule has 1 aliphatic rings. The third-order valence-electron chi connectivity index (χ3n) is 4.48. The van der Waals surface area contributed by atoms with Gasteiger partial charge in [-0.25, -0.2) is 4.79 Å². The summed E-state index contributed by atoms with van der Waals surface area (Å²) in [5.74, 6) is 0.725. The molecule has 1 saturated carbocycles. The molecule has 0 unspecified atom stereocenters. The lowest BCUT2D eigenvalue weighted by molar-refractivity contribution is -0.131. The minimum Gasteiger partial charge on any atom is -0.342 e. The van der Waals surface area contributed by atoms with Crippen LogP contribution in [0.4, 0.5) is 0 Å². The second-order valence-electron chi connectivity index (χ2n) is 6.46. The van der Waals surface area contributed by atoms with E-state index in [1.165, 1.54) is 17.4 Å². The number of rotatable bonds is 7. The fourth-order valence-corrected chi connectivity index (χ4v) is 3.03. The Morgan fingerprint density at radius 1 is 1.29 bits per heavy atom. The summed E-state index contributed by atoms with van der Waals surface area (Å²) in [6.07, 6.45) is 3.61. The number of amides is 1. The standard InChI is InChI=1S/C18H23N3O3/c1-2-10-20(12-13-7-8-13)16(22)9-11-21-15-6-4-3-5-14(15)17(23)19-18(21)24/h3-6,13H,2,7-12H2,1H3,(H,19,23,24). The Morgan fingerprint density at radius 2 is 2.04 bits per heavy atom. The number of nitrogens with zero attached hydrogens (tertiary/aromatic N) is 2. The SMILES string of the molecule is CCCN(CC1CC1)C(=O)CCn1c(=O)[nH]c(=O)c2ccccc21. The largest absolute Gasteiger partial charge is 0.342 e. The molecule has 128 valence electrons. The minimum absolute atomic E-state index is 0.0749. The molecule has 6 nitrogen and oxygen atoms in total. The maximum Gasteiger partial charge on any atom is 0.328 e. The number of carbonyl (C=O) groups excluding carboxylic acids is 1. The Morgan fingerprint density at radius 3 is 2.75 bits per heavy atom. The number of H-pyrrole nitrogens is 1. The molecular weight excluding hydrogens is 306 g/mol. The predicted molar refractivity (Wildman–Crippen MR) is 93.0 cm³/mol. The van der Waals surface area contributed by atoms with Gasteiger partial charge in [-0.3, -0.25) is 19.1 Å². The predicted octanol–water partition coefficient (Wildman–Crippen LogP) is 1.73. The summed E-state index contributed by atoms with van der Waals surface area (Å²) >= 11 is 0. The van der Waals surface area contributed by atoms with Gasteiger partial charge in [0.05, 0.1) is 10.9 Å². The van der Waals surface area contributed by atoms with Crippen LogP contribution in [0.25, 0.3) is 10.9 Å². The molecule has 0 atom stereocenters. The lowest BCUT2D eigenvalue weighted by Crippen LogP contribution is -2.36. The van der Waals surface area contributed by atoms with Crippen LogP contribution in [-0.2, 0) is 11.3 Å². The molecule has 1 N–H and O–H groups in total. The van der Waals surface area contributed by atoms with E-state index in [0.29, 0.717) is 16.8 Å². The van der Waals surface area contributed by atoms with Crippen molar-refractivity contribution in [3.8, 4) is 0 Å². The summed E-state index contributed by atoms with van der Waals surface area (Å²) in [7, 11) is 0. The van der Waals surface area contributed by atoms with Crippen LogP contribution in [0.15, 0.2) is 33.9 Å². The van der Waals surface area contributed by atoms with Gasteiger partial charge in [0.1, 0.15) is 0 Å². The van der Waals surface area contributed by atoms with Gasteiger partial charge in [0, 0.05) is 26.1 Å². The molecule has 2 aromatic rings. The van der Waals surface area contributed by atoms with Gasteiger partial charge < -0.3 is 4.90 Å². The summed E-state index contributed by atoms with van der Waals surface area (Å²) in [5.41, 5.74) is -0.279. The van der Waals surface area contributed by atoms with Crippen LogP contribution in [0.3, 0.4) is 0 Å². The van der Waals surface area contributed by atoms with Gasteiger partial charge in [0.2, 0.25) is 5.91 Å². The number of fused-ring (bicyclic) bond motifs is 1. The second kappa shape index (κ2) is 7.03. The van der Waals surface area contributed by atoms with Crippen molar-refractivity contribution in [1.29, 1.82) is 0 Å². The van der Waals surface area contributed by atoms with Crippen molar-refractivity contribution in [2.75, 3.05) is 13.1 Å². The molecule has 1 aromatic heterocycles. The zero-order chi connectivity index (χ0) is 17.1. The number of nitrogens with one attached hydrogen (secondary N) is 1. The van der Waals surface area contributed by atoms with Gasteiger partial charge in [-0.05, 0) is 37.3 Å². The number of para-hydroxylation sites is 1. The van der Waals surface area contributed by atoms with Gasteiger partial charge >= 0.3 is 5.69 Å². The van der Waals surface area contributed by atoms with Crippen molar-refractivity contribution < 1.29 is 4.79 Å². The van der Waals surface area contributed by atoms with E-state index >= 15 is 0 Å². The van der Waals surface area contributed by atoms with Crippen molar-refractivity contribution in [3.05, 3.63) is 45.1 Å². The molecule has 0 bridgehead atoms. The van der Waals surface area contributed by atoms with Gasteiger partial charge in [-0.2, -0.15) is 0 Å². The molecule has 0 saturated heterocycles. The van der Waals surface area contributed by atoms with Crippen molar-refractivity contribution >= 4 is 16.8 Å². The third-order valence-corrected chi connectivity index (χ3v) is 4.48. The first-order chi connectivity index (χ1) is 11.6. The van der Waals surface area contributed by atoms with Crippen LogP contribution in [0.2, 0.25) is 0 Å². The molecule has 1 amide bonds. The number of hydrogen-bond donors (Lipinski definition) is 1. The zero-order valence-electron chi connectivity index (χ0n) is 14.0. The molecule has 0 aliphatic heterocycles. The van der Waals surface area contributed by atoms with Crippen molar-refractivity contribution in [3.63, 3.8) is 0 Å². The van der Waals surface area contributed by atoms with Gasteiger partial charge in [0.25, 0.3) is 5.56 Å². The first-order valence-electron chi connectivity index (χ1n) is 8.59. The average molecular weight is 329 g/mol. The highest BCUT2D eigenvalue weighted by Gasteiger charge is 2.26. The summed E-state index contributed by atoms with van der Waals surface area (Å²) in [6, 6.07) is 6.97. The fourth-order valence-electron chi connectivity index (χ4n) is 3.03. The van der Waals surface area contributed by atoms with Gasteiger partial charge in [-0.1, -0.05) is 19.1 Å². The molecule has 24 heavy (non-hydrogen) atoms. The van der Waals surface area contributed by atoms with Crippen LogP contribution >= 0.6 is 0 Å². The summed E-state index contributed by atoms with van der Waals surface area (Å²) in [5, 5.41) is 0.466. The van der Waals surface area contributed by atoms with E-state index in [1.807, 2.05) is 4.90 Å². The maximum absolute atomic E-state index is 12.5. The fraction of sp³-hybridized carbons (Fsp3) is 0.500. The normalized spacial score (nSPS) is 14.0. The van der Waals surface area contributed by atoms with Gasteiger partial charge in [0.15, 0.2) is 0 Å². The molecular formula is C18H23N3O3. The van der Waals surface area contributed by atoms with E-state index in [9.17, 15) is 14.4 Å². The Hall–Kier alpha value is -2.37. The first-order valence-corrected chi connectivity index (χ1v) is 8.59. The number of aromatic nitrogens is 2. The van der Waals surface area contributed by atoms with Crippen LogP contribution in [0, 0.1) is 5.92 Å². The maximum atomic E-state index is 12.5. The molecule has 0 spiro atoms. The van der Waals surface area contributed by atoms with Gasteiger partial charge in [-0.15, -0.1) is 0 Å². The number of aryl methyl sites for hydroxylation is 1. The lowest BCUT2D eigenvalue weighted by atomic mass is 10.2. The molecule has 1 heterocycles. The van der Waals surface area contributed by atoms with Crippen molar-refractivity contribution in [2.45, 2.75) is 39.2 Å². The second-order valence-corrected chi connectivity index (χ2v) is 6.46. The van der Waals surface area contributed by atoms with Crippen LogP contribution < -0.4 is 11.2 Å². The van der Waals surface area contributed by atoms with E-state index in [-0.39, 0.29) is 24.4 Å². The Balaban J connectivity index is 1.78. The van der Waals surface area contributed by atoms with Crippen LogP contribution in [0.5, 0.6) is 0 Å². The minimum atomic E-state index is -0.462. The summed E-state index contributed by atoms with van der Waals surface area (Å²) in [4.78, 5) is 40.8. The number of carbonyl (C=O) groups is 1. The highest BCUT2D eigenvalue weighted by molar-refractivity contribution is 5.79. The zero-order valence-corrected chi connectivity index (χ0v) is 14.0. The Kier molecular flexibility index (Phi) is 4.83. The Labute approximate surface area is 140 Å². The summed E-state index contributed by atoms with van der Waals surface area (Å²) in [6.45, 7) is 3.93. The topological polar surface area (TPSA) is 75.2 Å². The first kappa shape index (κ1) is 16.5. The molecule has 3 rings (SSSR count). The molecule has 1 aromatic carbocycles. The van der Waals surface area contributed by atoms with Crippen molar-refractivity contribution in [1.82, 2.24) is 14.5 Å². The molecule has 1 fully saturated rings. The summed E-state index contributed by atoms with van der Waals surface area (Å²) < 4.78 is 1.48. The Bertz CT molecular complexity index is 848. The van der Waals surface area contributed by atoms with E-state index in [1.54, 1.807) is 24.3 Å². The lowest BCUT2D eigenvalue weighted by Gasteiger charge is -2.22. The highest BCUT2D eigenvalue weighted by atomic mass is 16.2. The quantitative estimate of drug-likeness (QED) is 0.840. The number of benzene rings is 1. The van der Waals surface area contributed by atoms with E-state index in [4.69, 9.17) is 0 Å². The number of aromatic amines is 1. The third kappa shape index (κ3) is 3.58. The average Bonchev–Trinajstić information content (AvgIpc) is 3.38. The van der Waals surface area contributed by atoms with E-state index in [2.05, 4.69) is 11.9 Å². The molecule has 6 heteroatoms. The van der Waals surface area contributed by atoms with E-state index < -0.39 is 5.69 Å². The van der Waals surface area contributed by atoms with Crippen molar-refractivity contribution in [2.24, 2.45) is 5.92 Å². The highest BCUT2D eigenvalue weighted by Crippen LogP contribution is 2.29. The molecule has 1 aliphatic carbocycles. The number of hydrogen-bond acceptors (Lipinski definition) is 3. The smallest absolute Gasteiger partial charge is 0.328 e. The monoisotopic (exact) mass is 329 g/mol. The van der Waals surface area contributed by atoms with Crippen LogP contribution in [-0.4, -0.2) is 33.4 Å². The molecule has 0 radical (unpaired) electrons. The van der Waals surface area contributed by atoms with Crippen LogP contribution in [0.1, 0.15) is 32.6 Å². The van der Waals surface area contributed by atoms with E-state index in [0.717, 1.165) is 19.5 Å².